The van der Waals surface area contributed by atoms with E-state index in [-0.39, 0.29) is 12.1 Å². The molecule has 0 saturated heterocycles. The number of aliphatic hydroxyl groups excluding tert-OH is 1. The molecule has 144 valence electrons. The minimum absolute atomic E-state index is 0.0294. The minimum atomic E-state index is -0.755. The van der Waals surface area contributed by atoms with Crippen LogP contribution < -0.4 is 0 Å². The second-order valence-electron chi connectivity index (χ2n) is 6.57. The summed E-state index contributed by atoms with van der Waals surface area (Å²) < 4.78 is 5.36. The zero-order valence-corrected chi connectivity index (χ0v) is 15.4. The number of allylic oxidation sites excluding steroid dienone is 1. The molecule has 1 aliphatic heterocycles. The summed E-state index contributed by atoms with van der Waals surface area (Å²) in [4.78, 5) is 31.3. The van der Waals surface area contributed by atoms with E-state index in [1.807, 2.05) is 30.3 Å². The molecule has 3 heterocycles. The lowest BCUT2D eigenvalue weighted by Gasteiger charge is -2.25. The number of amides is 1. The van der Waals surface area contributed by atoms with Crippen molar-refractivity contribution in [1.29, 1.82) is 0 Å². The van der Waals surface area contributed by atoms with Gasteiger partial charge in [0.05, 0.1) is 24.4 Å². The Kier molecular flexibility index (Phi) is 5.07. The Morgan fingerprint density at radius 1 is 1.14 bits per heavy atom. The van der Waals surface area contributed by atoms with Crippen LogP contribution in [0.1, 0.15) is 22.9 Å². The number of benzene rings is 1. The molecular weight excluding hydrogens is 368 g/mol. The van der Waals surface area contributed by atoms with Crippen molar-refractivity contribution in [2.75, 3.05) is 0 Å². The van der Waals surface area contributed by atoms with Gasteiger partial charge in [-0.2, -0.15) is 0 Å². The van der Waals surface area contributed by atoms with Crippen molar-refractivity contribution >= 4 is 17.8 Å². The average molecular weight is 386 g/mol. The summed E-state index contributed by atoms with van der Waals surface area (Å²) in [5, 5.41) is 10.5. The molecule has 6 heteroatoms. The first-order chi connectivity index (χ1) is 14.1. The van der Waals surface area contributed by atoms with Gasteiger partial charge in [0.1, 0.15) is 5.76 Å². The second kappa shape index (κ2) is 7.98. The first-order valence-corrected chi connectivity index (χ1v) is 9.09. The molecule has 1 atom stereocenters. The first-order valence-electron chi connectivity index (χ1n) is 9.09. The van der Waals surface area contributed by atoms with Gasteiger partial charge in [0.2, 0.25) is 0 Å². The molecule has 2 aromatic heterocycles. The highest BCUT2D eigenvalue weighted by atomic mass is 16.3. The predicted molar refractivity (Wildman–Crippen MR) is 106 cm³/mol. The molecule has 1 amide bonds. The molecule has 29 heavy (non-hydrogen) atoms. The highest BCUT2D eigenvalue weighted by molar-refractivity contribution is 6.14. The van der Waals surface area contributed by atoms with Crippen molar-refractivity contribution in [2.45, 2.75) is 12.6 Å². The van der Waals surface area contributed by atoms with Gasteiger partial charge in [-0.15, -0.1) is 0 Å². The maximum atomic E-state index is 13.0. The molecule has 1 unspecified atom stereocenters. The molecule has 3 aromatic rings. The largest absolute Gasteiger partial charge is 0.503 e. The molecule has 1 aromatic carbocycles. The predicted octanol–water partition coefficient (Wildman–Crippen LogP) is 3.85. The van der Waals surface area contributed by atoms with Crippen molar-refractivity contribution in [3.8, 4) is 0 Å². The van der Waals surface area contributed by atoms with Crippen LogP contribution in [0.15, 0.2) is 95.1 Å². The lowest BCUT2D eigenvalue weighted by atomic mass is 9.96. The van der Waals surface area contributed by atoms with Crippen molar-refractivity contribution in [3.05, 3.63) is 108 Å². The summed E-state index contributed by atoms with van der Waals surface area (Å²) in [6.07, 6.45) is 7.73. The maximum Gasteiger partial charge on any atom is 0.290 e. The molecule has 1 aliphatic rings. The number of ketones is 1. The van der Waals surface area contributed by atoms with Crippen LogP contribution in [0.3, 0.4) is 0 Å². The van der Waals surface area contributed by atoms with E-state index >= 15 is 0 Å². The quantitative estimate of drug-likeness (QED) is 0.651. The molecule has 0 fully saturated rings. The number of aliphatic hydroxyl groups is 1. The monoisotopic (exact) mass is 386 g/mol. The Morgan fingerprint density at radius 3 is 2.66 bits per heavy atom. The van der Waals surface area contributed by atoms with Crippen molar-refractivity contribution in [2.24, 2.45) is 0 Å². The van der Waals surface area contributed by atoms with Crippen LogP contribution in [0.4, 0.5) is 0 Å². The van der Waals surface area contributed by atoms with E-state index in [1.54, 1.807) is 42.7 Å². The second-order valence-corrected chi connectivity index (χ2v) is 6.57. The number of hydrogen-bond acceptors (Lipinski definition) is 5. The summed E-state index contributed by atoms with van der Waals surface area (Å²) >= 11 is 0. The van der Waals surface area contributed by atoms with Crippen LogP contribution in [-0.2, 0) is 16.1 Å². The van der Waals surface area contributed by atoms with Crippen LogP contribution in [0.2, 0.25) is 0 Å². The standard InChI is InChI=1S/C23H18N2O4/c26-19(11-10-16-6-2-1-3-7-16)20-21(17-8-4-12-24-14-17)25(23(28)22(20)27)15-18-9-5-13-29-18/h1-14,21,27H,15H2/b11-10+. The average Bonchev–Trinajstić information content (AvgIpc) is 3.36. The van der Waals surface area contributed by atoms with Crippen molar-refractivity contribution < 1.29 is 19.1 Å². The highest BCUT2D eigenvalue weighted by Gasteiger charge is 2.43. The van der Waals surface area contributed by atoms with E-state index in [0.717, 1.165) is 5.56 Å². The Labute approximate surface area is 167 Å². The topological polar surface area (TPSA) is 83.6 Å². The van der Waals surface area contributed by atoms with E-state index in [9.17, 15) is 14.7 Å². The molecular formula is C23H18N2O4. The fourth-order valence-electron chi connectivity index (χ4n) is 3.35. The van der Waals surface area contributed by atoms with Gasteiger partial charge in [0.25, 0.3) is 5.91 Å². The third kappa shape index (κ3) is 3.73. The van der Waals surface area contributed by atoms with E-state index in [0.29, 0.717) is 11.3 Å². The van der Waals surface area contributed by atoms with E-state index in [2.05, 4.69) is 4.98 Å². The fourth-order valence-corrected chi connectivity index (χ4v) is 3.35. The zero-order chi connectivity index (χ0) is 20.2. The number of pyridine rings is 1. The summed E-state index contributed by atoms with van der Waals surface area (Å²) in [5.74, 6) is -1.05. The first kappa shape index (κ1) is 18.4. The lowest BCUT2D eigenvalue weighted by molar-refractivity contribution is -0.130. The van der Waals surface area contributed by atoms with Gasteiger partial charge in [0, 0.05) is 12.4 Å². The van der Waals surface area contributed by atoms with E-state index in [4.69, 9.17) is 4.42 Å². The molecule has 1 N–H and O–H groups in total. The third-order valence-corrected chi connectivity index (χ3v) is 4.70. The summed E-state index contributed by atoms with van der Waals surface area (Å²) in [6.45, 7) is 0.120. The maximum absolute atomic E-state index is 13.0. The Balaban J connectivity index is 1.70. The number of nitrogens with zero attached hydrogens (tertiary/aromatic N) is 2. The minimum Gasteiger partial charge on any atom is -0.503 e. The molecule has 0 radical (unpaired) electrons. The lowest BCUT2D eigenvalue weighted by Crippen LogP contribution is -2.30. The van der Waals surface area contributed by atoms with Gasteiger partial charge in [-0.25, -0.2) is 0 Å². The SMILES string of the molecule is O=C(/C=C/c1ccccc1)C1=C(O)C(=O)N(Cc2ccco2)C1c1cccnc1. The van der Waals surface area contributed by atoms with Crippen LogP contribution in [0.5, 0.6) is 0 Å². The number of carbonyl (C=O) groups excluding carboxylic acids is 2. The number of hydrogen-bond donors (Lipinski definition) is 1. The van der Waals surface area contributed by atoms with Gasteiger partial charge >= 0.3 is 0 Å². The number of aromatic nitrogens is 1. The third-order valence-electron chi connectivity index (χ3n) is 4.70. The van der Waals surface area contributed by atoms with Gasteiger partial charge in [-0.1, -0.05) is 42.5 Å². The number of rotatable bonds is 6. The molecule has 0 saturated carbocycles. The molecule has 0 aliphatic carbocycles. The summed E-state index contributed by atoms with van der Waals surface area (Å²) in [6, 6.07) is 15.5. The summed E-state index contributed by atoms with van der Waals surface area (Å²) in [7, 11) is 0. The normalized spacial score (nSPS) is 16.8. The van der Waals surface area contributed by atoms with Gasteiger partial charge in [-0.05, 0) is 35.4 Å². The van der Waals surface area contributed by atoms with Crippen molar-refractivity contribution in [1.82, 2.24) is 9.88 Å². The zero-order valence-electron chi connectivity index (χ0n) is 15.4. The molecule has 6 nitrogen and oxygen atoms in total. The van der Waals surface area contributed by atoms with Gasteiger partial charge in [0.15, 0.2) is 11.5 Å². The summed E-state index contributed by atoms with van der Waals surface area (Å²) in [5.41, 5.74) is 1.50. The van der Waals surface area contributed by atoms with Crippen LogP contribution in [-0.4, -0.2) is 26.7 Å². The molecule has 0 bridgehead atoms. The van der Waals surface area contributed by atoms with Gasteiger partial charge in [-0.3, -0.25) is 14.6 Å². The Hall–Kier alpha value is -3.93. The van der Waals surface area contributed by atoms with Crippen molar-refractivity contribution in [3.63, 3.8) is 0 Å². The number of furan rings is 1. The Morgan fingerprint density at radius 2 is 1.97 bits per heavy atom. The van der Waals surface area contributed by atoms with Crippen LogP contribution >= 0.6 is 0 Å². The number of carbonyl (C=O) groups is 2. The molecule has 0 spiro atoms. The van der Waals surface area contributed by atoms with Crippen LogP contribution in [0.25, 0.3) is 6.08 Å². The smallest absolute Gasteiger partial charge is 0.290 e. The Bertz CT molecular complexity index is 1070. The van der Waals surface area contributed by atoms with E-state index < -0.39 is 23.5 Å². The highest BCUT2D eigenvalue weighted by Crippen LogP contribution is 2.38. The molecule has 4 rings (SSSR count). The van der Waals surface area contributed by atoms with Gasteiger partial charge < -0.3 is 14.4 Å². The van der Waals surface area contributed by atoms with Crippen LogP contribution in [0, 0.1) is 0 Å². The van der Waals surface area contributed by atoms with E-state index in [1.165, 1.54) is 17.2 Å². The fraction of sp³-hybridized carbons (Fsp3) is 0.0870.